The lowest BCUT2D eigenvalue weighted by molar-refractivity contribution is 0.0428. The van der Waals surface area contributed by atoms with Gasteiger partial charge in [-0.25, -0.2) is 4.79 Å². The first kappa shape index (κ1) is 13.3. The molecule has 0 saturated carbocycles. The number of H-pyrrole nitrogens is 1. The number of hydrogen-bond donors (Lipinski definition) is 2. The third-order valence-corrected chi connectivity index (χ3v) is 2.58. The Hall–Kier alpha value is -1.80. The molecule has 0 aromatic carbocycles. The normalized spacial score (nSPS) is 13.9. The fraction of sp³-hybridized carbons (Fsp3) is 0.500. The number of aromatic nitrogens is 1. The number of nitriles is 1. The van der Waals surface area contributed by atoms with Gasteiger partial charge in [-0.15, -0.1) is 0 Å². The van der Waals surface area contributed by atoms with Crippen LogP contribution in [-0.4, -0.2) is 22.2 Å². The van der Waals surface area contributed by atoms with Crippen LogP contribution in [-0.2, 0) is 4.74 Å². The lowest BCUT2D eigenvalue weighted by Gasteiger charge is -2.06. The fourth-order valence-corrected chi connectivity index (χ4v) is 1.84. The van der Waals surface area contributed by atoms with Crippen molar-refractivity contribution in [1.82, 2.24) is 4.98 Å². The van der Waals surface area contributed by atoms with Crippen LogP contribution in [0.15, 0.2) is 0 Å². The summed E-state index contributed by atoms with van der Waals surface area (Å²) in [6, 6.07) is 1.82. The smallest absolute Gasteiger partial charge is 0.356 e. The Balaban J connectivity index is 3.05. The highest BCUT2D eigenvalue weighted by molar-refractivity contribution is 5.90. The second-order valence-electron chi connectivity index (χ2n) is 4.02. The largest absolute Gasteiger partial charge is 0.443 e. The molecule has 1 aromatic rings. The van der Waals surface area contributed by atoms with Crippen LogP contribution in [0.1, 0.15) is 47.3 Å². The molecule has 1 aromatic heterocycles. The second kappa shape index (κ2) is 5.02. The molecule has 0 radical (unpaired) electrons. The minimum Gasteiger partial charge on any atom is -0.443 e. The molecule has 2 N–H and O–H groups in total. The molecule has 0 aliphatic heterocycles. The highest BCUT2D eigenvalue weighted by atomic mass is 16.5. The highest BCUT2D eigenvalue weighted by Crippen LogP contribution is 2.24. The van der Waals surface area contributed by atoms with Crippen molar-refractivity contribution in [3.05, 3.63) is 22.5 Å². The Morgan fingerprint density at radius 3 is 2.47 bits per heavy atom. The summed E-state index contributed by atoms with van der Waals surface area (Å²) in [5, 5.41) is 18.2. The van der Waals surface area contributed by atoms with E-state index >= 15 is 0 Å². The minimum atomic E-state index is -0.791. The number of nitrogens with one attached hydrogen (secondary N) is 1. The van der Waals surface area contributed by atoms with Crippen LogP contribution in [0.4, 0.5) is 0 Å². The Labute approximate surface area is 100 Å². The molecule has 0 amide bonds. The van der Waals surface area contributed by atoms with E-state index in [4.69, 9.17) is 10.00 Å². The van der Waals surface area contributed by atoms with Crippen LogP contribution in [0.5, 0.6) is 0 Å². The quantitative estimate of drug-likeness (QED) is 0.783. The maximum atomic E-state index is 11.7. The third-order valence-electron chi connectivity index (χ3n) is 2.58. The predicted molar refractivity (Wildman–Crippen MR) is 61.4 cm³/mol. The van der Waals surface area contributed by atoms with Crippen molar-refractivity contribution in [3.8, 4) is 6.07 Å². The van der Waals surface area contributed by atoms with E-state index in [-0.39, 0.29) is 0 Å². The third kappa shape index (κ3) is 2.66. The number of carbonyl (C=O) groups is 1. The molecular weight excluding hydrogens is 220 g/mol. The van der Waals surface area contributed by atoms with Crippen molar-refractivity contribution in [2.45, 2.75) is 39.9 Å². The molecule has 0 bridgehead atoms. The van der Waals surface area contributed by atoms with E-state index in [0.29, 0.717) is 16.8 Å². The van der Waals surface area contributed by atoms with Gasteiger partial charge in [0.25, 0.3) is 0 Å². The number of ether oxygens (including phenoxy) is 1. The topological polar surface area (TPSA) is 86.1 Å². The van der Waals surface area contributed by atoms with Gasteiger partial charge in [0.2, 0.25) is 0 Å². The van der Waals surface area contributed by atoms with Gasteiger partial charge in [0.1, 0.15) is 11.8 Å². The summed E-state index contributed by atoms with van der Waals surface area (Å²) in [5.41, 5.74) is 2.38. The molecule has 0 aliphatic carbocycles. The van der Waals surface area contributed by atoms with Crippen molar-refractivity contribution in [2.24, 2.45) is 0 Å². The lowest BCUT2D eigenvalue weighted by Crippen LogP contribution is -2.14. The number of nitrogens with zero attached hydrogens (tertiary/aromatic N) is 1. The van der Waals surface area contributed by atoms with Crippen LogP contribution in [0.2, 0.25) is 0 Å². The molecule has 0 saturated heterocycles. The number of aliphatic hydroxyl groups is 1. The van der Waals surface area contributed by atoms with Gasteiger partial charge in [0, 0.05) is 11.3 Å². The molecule has 5 nitrogen and oxygen atoms in total. The van der Waals surface area contributed by atoms with E-state index in [9.17, 15) is 9.90 Å². The average Bonchev–Trinajstić information content (AvgIpc) is 2.53. The maximum Gasteiger partial charge on any atom is 0.356 e. The van der Waals surface area contributed by atoms with Crippen molar-refractivity contribution >= 4 is 5.97 Å². The van der Waals surface area contributed by atoms with Gasteiger partial charge in [-0.1, -0.05) is 0 Å². The summed E-state index contributed by atoms with van der Waals surface area (Å²) in [4.78, 5) is 14.6. The van der Waals surface area contributed by atoms with E-state index in [0.717, 1.165) is 5.69 Å². The SMILES string of the molecule is Cc1[nH]c(C(=O)O[C@H](C)C#N)c(C)c1[C@@H](C)O. The monoisotopic (exact) mass is 236 g/mol. The zero-order chi connectivity index (χ0) is 13.2. The Morgan fingerprint density at radius 2 is 2.06 bits per heavy atom. The zero-order valence-corrected chi connectivity index (χ0v) is 10.4. The van der Waals surface area contributed by atoms with Crippen molar-refractivity contribution in [2.75, 3.05) is 0 Å². The number of aryl methyl sites for hydroxylation is 1. The van der Waals surface area contributed by atoms with Crippen LogP contribution in [0.25, 0.3) is 0 Å². The Bertz CT molecular complexity index is 469. The van der Waals surface area contributed by atoms with Crippen LogP contribution < -0.4 is 0 Å². The summed E-state index contributed by atoms with van der Waals surface area (Å²) in [7, 11) is 0. The van der Waals surface area contributed by atoms with Crippen molar-refractivity contribution in [3.63, 3.8) is 0 Å². The summed E-state index contributed by atoms with van der Waals surface area (Å²) in [5.74, 6) is -0.577. The number of hydrogen-bond acceptors (Lipinski definition) is 4. The molecule has 17 heavy (non-hydrogen) atoms. The predicted octanol–water partition coefficient (Wildman–Crippen LogP) is 1.75. The molecular formula is C12H16N2O3. The van der Waals surface area contributed by atoms with Gasteiger partial charge in [-0.05, 0) is 33.3 Å². The number of aromatic amines is 1. The molecule has 0 spiro atoms. The van der Waals surface area contributed by atoms with Crippen LogP contribution in [0.3, 0.4) is 0 Å². The molecule has 0 unspecified atom stereocenters. The summed E-state index contributed by atoms with van der Waals surface area (Å²) in [6.45, 7) is 6.65. The van der Waals surface area contributed by atoms with Crippen molar-refractivity contribution < 1.29 is 14.6 Å². The molecule has 1 heterocycles. The molecule has 1 rings (SSSR count). The number of esters is 1. The van der Waals surface area contributed by atoms with E-state index in [1.54, 1.807) is 20.8 Å². The maximum absolute atomic E-state index is 11.7. The first-order valence-corrected chi connectivity index (χ1v) is 5.36. The molecule has 92 valence electrons. The molecule has 2 atom stereocenters. The Morgan fingerprint density at radius 1 is 1.47 bits per heavy atom. The Kier molecular flexibility index (Phi) is 3.92. The lowest BCUT2D eigenvalue weighted by atomic mass is 10.1. The number of carbonyl (C=O) groups excluding carboxylic acids is 1. The standard InChI is InChI=1S/C12H16N2O3/c1-6(5-13)17-12(16)11-7(2)10(9(4)15)8(3)14-11/h6,9,14-15H,1-4H3/t6-,9-/m1/s1. The van der Waals surface area contributed by atoms with Crippen LogP contribution >= 0.6 is 0 Å². The molecule has 0 aliphatic rings. The van der Waals surface area contributed by atoms with Gasteiger partial charge >= 0.3 is 5.97 Å². The van der Waals surface area contributed by atoms with E-state index in [1.165, 1.54) is 6.92 Å². The fourth-order valence-electron chi connectivity index (χ4n) is 1.84. The zero-order valence-electron chi connectivity index (χ0n) is 10.4. The minimum absolute atomic E-state index is 0.292. The first-order chi connectivity index (χ1) is 7.88. The first-order valence-electron chi connectivity index (χ1n) is 5.36. The number of aliphatic hydroxyl groups excluding tert-OH is 1. The van der Waals surface area contributed by atoms with Gasteiger partial charge < -0.3 is 14.8 Å². The van der Waals surface area contributed by atoms with E-state index in [1.807, 2.05) is 6.07 Å². The number of rotatable bonds is 3. The van der Waals surface area contributed by atoms with Gasteiger partial charge in [0.05, 0.1) is 6.10 Å². The van der Waals surface area contributed by atoms with Gasteiger partial charge in [-0.2, -0.15) is 5.26 Å². The van der Waals surface area contributed by atoms with Crippen molar-refractivity contribution in [1.29, 1.82) is 5.26 Å². The summed E-state index contributed by atoms with van der Waals surface area (Å²) >= 11 is 0. The molecule has 0 fully saturated rings. The van der Waals surface area contributed by atoms with Crippen LogP contribution in [0, 0.1) is 25.2 Å². The van der Waals surface area contributed by atoms with E-state index < -0.39 is 18.2 Å². The summed E-state index contributed by atoms with van der Waals surface area (Å²) in [6.07, 6.45) is -1.44. The summed E-state index contributed by atoms with van der Waals surface area (Å²) < 4.78 is 4.90. The van der Waals surface area contributed by atoms with Gasteiger partial charge in [0.15, 0.2) is 6.10 Å². The molecule has 5 heteroatoms. The second-order valence-corrected chi connectivity index (χ2v) is 4.02. The highest BCUT2D eigenvalue weighted by Gasteiger charge is 2.22. The van der Waals surface area contributed by atoms with E-state index in [2.05, 4.69) is 4.98 Å². The van der Waals surface area contributed by atoms with Gasteiger partial charge in [-0.3, -0.25) is 0 Å². The average molecular weight is 236 g/mol.